The van der Waals surface area contributed by atoms with Gasteiger partial charge in [0.2, 0.25) is 0 Å². The fourth-order valence-electron chi connectivity index (χ4n) is 8.82. The first-order chi connectivity index (χ1) is 29.7. The van der Waals surface area contributed by atoms with Crippen molar-refractivity contribution in [1.82, 2.24) is 19.5 Å². The lowest BCUT2D eigenvalue weighted by molar-refractivity contribution is 0.669. The van der Waals surface area contributed by atoms with E-state index in [0.29, 0.717) is 17.5 Å². The number of hydrogen-bond donors (Lipinski definition) is 0. The van der Waals surface area contributed by atoms with Crippen LogP contribution in [0.4, 0.5) is 0 Å². The van der Waals surface area contributed by atoms with Crippen LogP contribution < -0.4 is 0 Å². The highest BCUT2D eigenvalue weighted by Gasteiger charge is 2.23. The molecule has 0 radical (unpaired) electrons. The van der Waals surface area contributed by atoms with Crippen LogP contribution in [-0.2, 0) is 0 Å². The zero-order valence-electron chi connectivity index (χ0n) is 32.3. The Bertz CT molecular complexity index is 3590. The van der Waals surface area contributed by atoms with Crippen molar-refractivity contribution in [2.24, 2.45) is 0 Å². The molecule has 0 spiro atoms. The fraction of sp³-hybridized carbons (Fsp3) is 0. The molecule has 0 N–H and O–H groups in total. The minimum Gasteiger partial charge on any atom is -0.456 e. The van der Waals surface area contributed by atoms with Gasteiger partial charge in [-0.25, -0.2) is 15.0 Å². The molecule has 0 aliphatic heterocycles. The molecule has 9 aromatic carbocycles. The SMILES string of the molecule is c1ccc(-c2ccc3c(c2)c2ccccc2n3-c2cc(-c3ccccc3)c3c(c2)oc2cccc(-c4nc(-c5ccccc5)nc(-c5ccc6ccccc6c5)n4)c23)cc1. The first kappa shape index (κ1) is 33.9. The lowest BCUT2D eigenvalue weighted by Gasteiger charge is -2.13. The van der Waals surface area contributed by atoms with Crippen LogP contribution in [0.25, 0.3) is 117 Å². The molecule has 60 heavy (non-hydrogen) atoms. The lowest BCUT2D eigenvalue weighted by atomic mass is 9.96. The van der Waals surface area contributed by atoms with E-state index in [4.69, 9.17) is 19.4 Å². The van der Waals surface area contributed by atoms with E-state index in [1.165, 1.54) is 27.3 Å². The Balaban J connectivity index is 1.11. The maximum Gasteiger partial charge on any atom is 0.164 e. The summed E-state index contributed by atoms with van der Waals surface area (Å²) in [4.78, 5) is 15.5. The van der Waals surface area contributed by atoms with E-state index < -0.39 is 0 Å². The van der Waals surface area contributed by atoms with E-state index >= 15 is 0 Å². The molecule has 0 saturated carbocycles. The maximum absolute atomic E-state index is 6.91. The minimum absolute atomic E-state index is 0.583. The Morgan fingerprint density at radius 1 is 0.333 bits per heavy atom. The molecular weight excluding hydrogens is 733 g/mol. The average Bonchev–Trinajstić information content (AvgIpc) is 3.87. The normalized spacial score (nSPS) is 11.7. The average molecular weight is 767 g/mol. The Hall–Kier alpha value is -8.15. The van der Waals surface area contributed by atoms with Crippen molar-refractivity contribution in [2.75, 3.05) is 0 Å². The van der Waals surface area contributed by atoms with E-state index in [9.17, 15) is 0 Å². The summed E-state index contributed by atoms with van der Waals surface area (Å²) in [5, 5.41) is 6.67. The van der Waals surface area contributed by atoms with Gasteiger partial charge in [0.15, 0.2) is 17.5 Å². The van der Waals surface area contributed by atoms with Gasteiger partial charge < -0.3 is 8.98 Å². The topological polar surface area (TPSA) is 56.7 Å². The molecule has 0 fully saturated rings. The molecule has 280 valence electrons. The molecule has 5 heteroatoms. The van der Waals surface area contributed by atoms with Crippen molar-refractivity contribution in [3.63, 3.8) is 0 Å². The van der Waals surface area contributed by atoms with Crippen LogP contribution >= 0.6 is 0 Å². The second-order valence-corrected chi connectivity index (χ2v) is 15.2. The molecule has 3 heterocycles. The predicted octanol–water partition coefficient (Wildman–Crippen LogP) is 14.4. The summed E-state index contributed by atoms with van der Waals surface area (Å²) in [6.07, 6.45) is 0. The highest BCUT2D eigenvalue weighted by atomic mass is 16.3. The van der Waals surface area contributed by atoms with Crippen molar-refractivity contribution in [2.45, 2.75) is 0 Å². The fourth-order valence-corrected chi connectivity index (χ4v) is 8.82. The smallest absolute Gasteiger partial charge is 0.164 e. The number of para-hydroxylation sites is 1. The third-order valence-electron chi connectivity index (χ3n) is 11.6. The van der Waals surface area contributed by atoms with Gasteiger partial charge in [-0.3, -0.25) is 0 Å². The van der Waals surface area contributed by atoms with E-state index in [2.05, 4.69) is 168 Å². The summed E-state index contributed by atoms with van der Waals surface area (Å²) in [6.45, 7) is 0. The summed E-state index contributed by atoms with van der Waals surface area (Å²) in [7, 11) is 0. The predicted molar refractivity (Wildman–Crippen MR) is 246 cm³/mol. The molecule has 0 aliphatic carbocycles. The highest BCUT2D eigenvalue weighted by Crippen LogP contribution is 2.44. The first-order valence-corrected chi connectivity index (χ1v) is 20.2. The van der Waals surface area contributed by atoms with Gasteiger partial charge in [0.25, 0.3) is 0 Å². The third kappa shape index (κ3) is 5.59. The molecule has 0 unspecified atom stereocenters. The highest BCUT2D eigenvalue weighted by molar-refractivity contribution is 6.18. The van der Waals surface area contributed by atoms with E-state index in [-0.39, 0.29) is 0 Å². The maximum atomic E-state index is 6.91. The van der Waals surface area contributed by atoms with Gasteiger partial charge in [-0.1, -0.05) is 164 Å². The first-order valence-electron chi connectivity index (χ1n) is 20.2. The quantitative estimate of drug-likeness (QED) is 0.169. The zero-order chi connectivity index (χ0) is 39.6. The van der Waals surface area contributed by atoms with Crippen molar-refractivity contribution >= 4 is 54.5 Å². The number of aromatic nitrogens is 4. The van der Waals surface area contributed by atoms with Gasteiger partial charge >= 0.3 is 0 Å². The number of furan rings is 1. The summed E-state index contributed by atoms with van der Waals surface area (Å²) >= 11 is 0. The molecule has 0 bridgehead atoms. The number of hydrogen-bond acceptors (Lipinski definition) is 4. The third-order valence-corrected chi connectivity index (χ3v) is 11.6. The second kappa shape index (κ2) is 13.8. The monoisotopic (exact) mass is 766 g/mol. The van der Waals surface area contributed by atoms with E-state index in [1.54, 1.807) is 0 Å². The van der Waals surface area contributed by atoms with Gasteiger partial charge in [0.1, 0.15) is 11.2 Å². The minimum atomic E-state index is 0.583. The van der Waals surface area contributed by atoms with Crippen LogP contribution in [0.3, 0.4) is 0 Å². The van der Waals surface area contributed by atoms with Crippen molar-refractivity contribution in [3.05, 3.63) is 206 Å². The lowest BCUT2D eigenvalue weighted by Crippen LogP contribution is -2.00. The largest absolute Gasteiger partial charge is 0.456 e. The molecule has 0 saturated heterocycles. The zero-order valence-corrected chi connectivity index (χ0v) is 32.3. The van der Waals surface area contributed by atoms with Crippen LogP contribution in [0.15, 0.2) is 211 Å². The summed E-state index contributed by atoms with van der Waals surface area (Å²) in [5.41, 5.74) is 12.1. The number of benzene rings is 9. The Morgan fingerprint density at radius 2 is 0.950 bits per heavy atom. The van der Waals surface area contributed by atoms with E-state index in [1.807, 2.05) is 42.5 Å². The number of nitrogens with zero attached hydrogens (tertiary/aromatic N) is 4. The van der Waals surface area contributed by atoms with Crippen LogP contribution in [0.1, 0.15) is 0 Å². The van der Waals surface area contributed by atoms with Crippen LogP contribution in [0.2, 0.25) is 0 Å². The Kier molecular flexibility index (Phi) is 7.78. The van der Waals surface area contributed by atoms with Gasteiger partial charge in [-0.05, 0) is 69.4 Å². The Morgan fingerprint density at radius 3 is 1.75 bits per heavy atom. The molecule has 12 aromatic rings. The standard InChI is InChI=1S/C55H34N4O/c1-4-15-35(16-5-1)40-29-30-48-46(32-40)43-23-12-13-25-47(43)59(48)42-33-45(37-18-6-2-7-19-37)52-50(34-42)60-49-26-14-24-44(51(49)52)55-57-53(38-20-8-3-9-21-38)56-54(58-55)41-28-27-36-17-10-11-22-39(36)31-41/h1-34H. The van der Waals surface area contributed by atoms with Crippen LogP contribution in [0.5, 0.6) is 0 Å². The van der Waals surface area contributed by atoms with Gasteiger partial charge in [-0.2, -0.15) is 0 Å². The second-order valence-electron chi connectivity index (χ2n) is 15.2. The van der Waals surface area contributed by atoms with Crippen LogP contribution in [-0.4, -0.2) is 19.5 Å². The molecule has 0 atom stereocenters. The van der Waals surface area contributed by atoms with Gasteiger partial charge in [-0.15, -0.1) is 0 Å². The molecule has 5 nitrogen and oxygen atoms in total. The number of fused-ring (bicyclic) bond motifs is 7. The van der Waals surface area contributed by atoms with Crippen LogP contribution in [0, 0.1) is 0 Å². The molecule has 0 amide bonds. The van der Waals surface area contributed by atoms with Gasteiger partial charge in [0, 0.05) is 44.3 Å². The summed E-state index contributed by atoms with van der Waals surface area (Å²) < 4.78 is 9.28. The molecule has 12 rings (SSSR count). The summed E-state index contributed by atoms with van der Waals surface area (Å²) in [5.74, 6) is 1.81. The number of rotatable bonds is 6. The van der Waals surface area contributed by atoms with Crippen molar-refractivity contribution in [3.8, 4) is 62.1 Å². The molecular formula is C55H34N4O. The molecule has 0 aliphatic rings. The van der Waals surface area contributed by atoms with E-state index in [0.717, 1.165) is 71.9 Å². The summed E-state index contributed by atoms with van der Waals surface area (Å²) in [6, 6.07) is 72.2. The van der Waals surface area contributed by atoms with Crippen molar-refractivity contribution in [1.29, 1.82) is 0 Å². The van der Waals surface area contributed by atoms with Crippen molar-refractivity contribution < 1.29 is 4.42 Å². The van der Waals surface area contributed by atoms with Gasteiger partial charge in [0.05, 0.1) is 16.7 Å². The molecule has 3 aromatic heterocycles. The Labute approximate surface area is 345 Å².